The van der Waals surface area contributed by atoms with Gasteiger partial charge < -0.3 is 5.73 Å². The quantitative estimate of drug-likeness (QED) is 0.801. The highest BCUT2D eigenvalue weighted by Crippen LogP contribution is 2.28. The van der Waals surface area contributed by atoms with Crippen LogP contribution in [-0.4, -0.2) is 24.0 Å². The van der Waals surface area contributed by atoms with E-state index < -0.39 is 0 Å². The van der Waals surface area contributed by atoms with Crippen molar-refractivity contribution in [3.8, 4) is 0 Å². The largest absolute Gasteiger partial charge is 0.330 e. The molecule has 2 nitrogen and oxygen atoms in total. The van der Waals surface area contributed by atoms with Gasteiger partial charge in [0.15, 0.2) is 0 Å². The Morgan fingerprint density at radius 1 is 1.28 bits per heavy atom. The van der Waals surface area contributed by atoms with E-state index in [0.717, 1.165) is 19.1 Å². The van der Waals surface area contributed by atoms with Gasteiger partial charge in [-0.25, -0.2) is 0 Å². The molecule has 2 heteroatoms. The third-order valence-corrected chi connectivity index (χ3v) is 3.86. The van der Waals surface area contributed by atoms with Crippen molar-refractivity contribution in [2.24, 2.45) is 5.73 Å². The van der Waals surface area contributed by atoms with Gasteiger partial charge in [-0.15, -0.1) is 0 Å². The van der Waals surface area contributed by atoms with Crippen molar-refractivity contribution in [3.05, 3.63) is 35.4 Å². The summed E-state index contributed by atoms with van der Waals surface area (Å²) < 4.78 is 0. The number of hydrogen-bond acceptors (Lipinski definition) is 2. The zero-order valence-corrected chi connectivity index (χ0v) is 11.7. The summed E-state index contributed by atoms with van der Waals surface area (Å²) in [5.74, 6) is 0.467. The van der Waals surface area contributed by atoms with Crippen molar-refractivity contribution in [2.75, 3.05) is 13.1 Å². The number of nitrogens with two attached hydrogens (primary N) is 1. The summed E-state index contributed by atoms with van der Waals surface area (Å²) in [6.07, 6.45) is 4.03. The Kier molecular flexibility index (Phi) is 4.79. The molecule has 0 radical (unpaired) electrons. The maximum atomic E-state index is 5.70. The van der Waals surface area contributed by atoms with Crippen molar-refractivity contribution in [2.45, 2.75) is 51.6 Å². The van der Waals surface area contributed by atoms with E-state index in [1.807, 2.05) is 0 Å². The average molecular weight is 246 g/mol. The lowest BCUT2D eigenvalue weighted by molar-refractivity contribution is 0.255. The predicted octanol–water partition coefficient (Wildman–Crippen LogP) is 3.12. The lowest BCUT2D eigenvalue weighted by atomic mass is 10.00. The van der Waals surface area contributed by atoms with Gasteiger partial charge in [-0.3, -0.25) is 4.90 Å². The molecule has 1 fully saturated rings. The molecule has 1 aromatic carbocycles. The van der Waals surface area contributed by atoms with Crippen molar-refractivity contribution in [3.63, 3.8) is 0 Å². The van der Waals surface area contributed by atoms with E-state index in [1.54, 1.807) is 0 Å². The SMILES string of the molecule is CCCN(Cc1ccc(C(C)CN)cc1)C1CC1. The lowest BCUT2D eigenvalue weighted by Crippen LogP contribution is -2.26. The molecule has 18 heavy (non-hydrogen) atoms. The monoisotopic (exact) mass is 246 g/mol. The van der Waals surface area contributed by atoms with E-state index in [-0.39, 0.29) is 0 Å². The Bertz CT molecular complexity index is 354. The molecule has 0 aromatic heterocycles. The van der Waals surface area contributed by atoms with Gasteiger partial charge >= 0.3 is 0 Å². The van der Waals surface area contributed by atoms with Gasteiger partial charge in [0.1, 0.15) is 0 Å². The standard InChI is InChI=1S/C16H26N2/c1-3-10-18(16-8-9-16)12-14-4-6-15(7-5-14)13(2)11-17/h4-7,13,16H,3,8-12,17H2,1-2H3. The fourth-order valence-electron chi connectivity index (χ4n) is 2.44. The molecule has 2 rings (SSSR count). The van der Waals surface area contributed by atoms with Gasteiger partial charge in [-0.05, 0) is 49.4 Å². The van der Waals surface area contributed by atoms with Crippen molar-refractivity contribution < 1.29 is 0 Å². The molecule has 0 heterocycles. The molecular weight excluding hydrogens is 220 g/mol. The Labute approximate surface area is 111 Å². The van der Waals surface area contributed by atoms with Gasteiger partial charge in [-0.1, -0.05) is 38.1 Å². The van der Waals surface area contributed by atoms with Crippen LogP contribution in [0.15, 0.2) is 24.3 Å². The van der Waals surface area contributed by atoms with E-state index >= 15 is 0 Å². The Morgan fingerprint density at radius 3 is 2.44 bits per heavy atom. The van der Waals surface area contributed by atoms with E-state index in [4.69, 9.17) is 5.73 Å². The second-order valence-electron chi connectivity index (χ2n) is 5.58. The van der Waals surface area contributed by atoms with Crippen LogP contribution in [0.2, 0.25) is 0 Å². The second-order valence-corrected chi connectivity index (χ2v) is 5.58. The lowest BCUT2D eigenvalue weighted by Gasteiger charge is -2.21. The molecule has 2 N–H and O–H groups in total. The Balaban J connectivity index is 1.96. The van der Waals surface area contributed by atoms with Gasteiger partial charge in [-0.2, -0.15) is 0 Å². The first kappa shape index (κ1) is 13.6. The molecular formula is C16H26N2. The summed E-state index contributed by atoms with van der Waals surface area (Å²) in [5, 5.41) is 0. The second kappa shape index (κ2) is 6.35. The molecule has 1 aromatic rings. The van der Waals surface area contributed by atoms with Crippen LogP contribution in [0.25, 0.3) is 0 Å². The van der Waals surface area contributed by atoms with Crippen LogP contribution >= 0.6 is 0 Å². The van der Waals surface area contributed by atoms with E-state index in [9.17, 15) is 0 Å². The van der Waals surface area contributed by atoms with Gasteiger partial charge in [0.25, 0.3) is 0 Å². The fraction of sp³-hybridized carbons (Fsp3) is 0.625. The first-order valence-corrected chi connectivity index (χ1v) is 7.27. The van der Waals surface area contributed by atoms with Gasteiger partial charge in [0.05, 0.1) is 0 Å². The molecule has 0 amide bonds. The third-order valence-electron chi connectivity index (χ3n) is 3.86. The van der Waals surface area contributed by atoms with E-state index in [1.165, 1.54) is 36.9 Å². The Hall–Kier alpha value is -0.860. The van der Waals surface area contributed by atoms with Gasteiger partial charge in [0.2, 0.25) is 0 Å². The summed E-state index contributed by atoms with van der Waals surface area (Å²) in [4.78, 5) is 2.63. The predicted molar refractivity (Wildman–Crippen MR) is 77.6 cm³/mol. The molecule has 1 saturated carbocycles. The molecule has 100 valence electrons. The van der Waals surface area contributed by atoms with Crippen LogP contribution in [0.4, 0.5) is 0 Å². The Morgan fingerprint density at radius 2 is 1.94 bits per heavy atom. The summed E-state index contributed by atoms with van der Waals surface area (Å²) in [6, 6.07) is 9.87. The summed E-state index contributed by atoms with van der Waals surface area (Å²) in [7, 11) is 0. The molecule has 1 aliphatic carbocycles. The van der Waals surface area contributed by atoms with Crippen molar-refractivity contribution in [1.82, 2.24) is 4.90 Å². The smallest absolute Gasteiger partial charge is 0.0236 e. The van der Waals surface area contributed by atoms with Crippen molar-refractivity contribution >= 4 is 0 Å². The van der Waals surface area contributed by atoms with Crippen LogP contribution in [0.5, 0.6) is 0 Å². The van der Waals surface area contributed by atoms with Gasteiger partial charge in [0, 0.05) is 12.6 Å². The minimum absolute atomic E-state index is 0.467. The van der Waals surface area contributed by atoms with Crippen LogP contribution < -0.4 is 5.73 Å². The molecule has 0 saturated heterocycles. The highest BCUT2D eigenvalue weighted by atomic mass is 15.2. The summed E-state index contributed by atoms with van der Waals surface area (Å²) >= 11 is 0. The molecule has 0 spiro atoms. The minimum atomic E-state index is 0.467. The first-order valence-electron chi connectivity index (χ1n) is 7.27. The zero-order valence-electron chi connectivity index (χ0n) is 11.7. The van der Waals surface area contributed by atoms with Crippen LogP contribution in [0.3, 0.4) is 0 Å². The normalized spacial score (nSPS) is 17.1. The number of nitrogens with zero attached hydrogens (tertiary/aromatic N) is 1. The van der Waals surface area contributed by atoms with Crippen LogP contribution in [0.1, 0.15) is 50.2 Å². The minimum Gasteiger partial charge on any atom is -0.330 e. The molecule has 1 unspecified atom stereocenters. The number of rotatable bonds is 7. The van der Waals surface area contributed by atoms with Crippen LogP contribution in [-0.2, 0) is 6.54 Å². The first-order chi connectivity index (χ1) is 8.74. The van der Waals surface area contributed by atoms with Crippen LogP contribution in [0, 0.1) is 0 Å². The molecule has 0 bridgehead atoms. The molecule has 1 aliphatic rings. The maximum Gasteiger partial charge on any atom is 0.0236 e. The van der Waals surface area contributed by atoms with E-state index in [0.29, 0.717) is 5.92 Å². The highest BCUT2D eigenvalue weighted by Gasteiger charge is 2.28. The third kappa shape index (κ3) is 3.56. The topological polar surface area (TPSA) is 29.3 Å². The van der Waals surface area contributed by atoms with E-state index in [2.05, 4.69) is 43.0 Å². The molecule has 1 atom stereocenters. The number of benzene rings is 1. The average Bonchev–Trinajstić information content (AvgIpc) is 3.22. The number of hydrogen-bond donors (Lipinski definition) is 1. The molecule has 0 aliphatic heterocycles. The summed E-state index contributed by atoms with van der Waals surface area (Å²) in [5.41, 5.74) is 8.49. The fourth-order valence-corrected chi connectivity index (χ4v) is 2.44. The van der Waals surface area contributed by atoms with Crippen molar-refractivity contribution in [1.29, 1.82) is 0 Å². The zero-order chi connectivity index (χ0) is 13.0. The summed E-state index contributed by atoms with van der Waals surface area (Å²) in [6.45, 7) is 7.51. The highest BCUT2D eigenvalue weighted by molar-refractivity contribution is 5.25. The maximum absolute atomic E-state index is 5.70.